The Hall–Kier alpha value is -2.71. The molecule has 1 fully saturated rings. The maximum absolute atomic E-state index is 12.6. The molecule has 3 aromatic rings. The first-order valence-electron chi connectivity index (χ1n) is 9.17. The summed E-state index contributed by atoms with van der Waals surface area (Å²) in [6.45, 7) is 5.00. The number of amides is 2. The Morgan fingerprint density at radius 2 is 2.11 bits per heavy atom. The first-order valence-corrected chi connectivity index (χ1v) is 9.98. The van der Waals surface area contributed by atoms with Crippen molar-refractivity contribution in [1.29, 1.82) is 0 Å². The van der Waals surface area contributed by atoms with Crippen LogP contribution in [0.2, 0.25) is 0 Å². The molecule has 0 unspecified atom stereocenters. The number of carbonyl (C=O) groups excluding carboxylic acids is 2. The number of thiophene rings is 1. The molecule has 0 bridgehead atoms. The van der Waals surface area contributed by atoms with Crippen LogP contribution in [-0.4, -0.2) is 34.4 Å². The molecule has 146 valence electrons. The first-order chi connectivity index (χ1) is 13.5. The van der Waals surface area contributed by atoms with E-state index in [4.69, 9.17) is 4.74 Å². The lowest BCUT2D eigenvalue weighted by Gasteiger charge is -2.41. The number of aromatic nitrogens is 2. The predicted molar refractivity (Wildman–Crippen MR) is 106 cm³/mol. The number of rotatable bonds is 6. The number of imidazole rings is 1. The Morgan fingerprint density at radius 3 is 2.82 bits per heavy atom. The van der Waals surface area contributed by atoms with Crippen LogP contribution in [0, 0.1) is 5.92 Å². The molecular weight excluding hydrogens is 376 g/mol. The summed E-state index contributed by atoms with van der Waals surface area (Å²) < 4.78 is 7.28. The van der Waals surface area contributed by atoms with Gasteiger partial charge in [-0.2, -0.15) is 0 Å². The van der Waals surface area contributed by atoms with Crippen LogP contribution in [0.4, 0.5) is 0 Å². The summed E-state index contributed by atoms with van der Waals surface area (Å²) in [5.41, 5.74) is 1.31. The second-order valence-corrected chi connectivity index (χ2v) is 8.38. The summed E-state index contributed by atoms with van der Waals surface area (Å²) in [7, 11) is 0. The van der Waals surface area contributed by atoms with E-state index in [1.807, 2.05) is 48.8 Å². The number of ether oxygens (including phenoxy) is 1. The summed E-state index contributed by atoms with van der Waals surface area (Å²) in [6.07, 6.45) is 5.54. The number of pyridine rings is 1. The Bertz CT molecular complexity index is 1020. The molecule has 2 N–H and O–H groups in total. The smallest absolute Gasteiger partial charge is 0.261 e. The Labute approximate surface area is 166 Å². The third-order valence-corrected chi connectivity index (χ3v) is 6.09. The topological polar surface area (TPSA) is 84.7 Å². The van der Waals surface area contributed by atoms with Gasteiger partial charge >= 0.3 is 0 Å². The number of nitrogens with zero attached hydrogens (tertiary/aromatic N) is 2. The van der Waals surface area contributed by atoms with Crippen LogP contribution >= 0.6 is 11.3 Å². The Morgan fingerprint density at radius 1 is 1.29 bits per heavy atom. The van der Waals surface area contributed by atoms with Gasteiger partial charge in [-0.15, -0.1) is 11.3 Å². The Balaban J connectivity index is 1.43. The second-order valence-electron chi connectivity index (χ2n) is 7.29. The molecule has 0 radical (unpaired) electrons. The predicted octanol–water partition coefficient (Wildman–Crippen LogP) is 2.32. The van der Waals surface area contributed by atoms with Gasteiger partial charge in [-0.05, 0) is 29.8 Å². The van der Waals surface area contributed by atoms with Crippen molar-refractivity contribution in [3.05, 3.63) is 58.2 Å². The number of hydrogen-bond donors (Lipinski definition) is 2. The van der Waals surface area contributed by atoms with Crippen LogP contribution in [-0.2, 0) is 21.6 Å². The molecule has 2 amide bonds. The third-order valence-electron chi connectivity index (χ3n) is 4.80. The van der Waals surface area contributed by atoms with E-state index in [-0.39, 0.29) is 17.7 Å². The van der Waals surface area contributed by atoms with Crippen molar-refractivity contribution >= 4 is 28.8 Å². The molecule has 0 spiro atoms. The summed E-state index contributed by atoms with van der Waals surface area (Å²) in [6, 6.07) is 7.60. The van der Waals surface area contributed by atoms with Crippen molar-refractivity contribution in [3.63, 3.8) is 0 Å². The molecule has 28 heavy (non-hydrogen) atoms. The zero-order chi connectivity index (χ0) is 19.7. The average molecular weight is 398 g/mol. The van der Waals surface area contributed by atoms with Crippen molar-refractivity contribution in [2.45, 2.75) is 25.9 Å². The highest BCUT2D eigenvalue weighted by Crippen LogP contribution is 2.35. The van der Waals surface area contributed by atoms with Crippen molar-refractivity contribution in [1.82, 2.24) is 20.0 Å². The van der Waals surface area contributed by atoms with Gasteiger partial charge < -0.3 is 19.8 Å². The van der Waals surface area contributed by atoms with Crippen LogP contribution in [0.25, 0.3) is 5.65 Å². The van der Waals surface area contributed by atoms with Gasteiger partial charge in [0.05, 0.1) is 18.1 Å². The number of carbonyl (C=O) groups is 2. The molecular formula is C20H22N4O3S. The van der Waals surface area contributed by atoms with E-state index in [2.05, 4.69) is 15.6 Å². The third kappa shape index (κ3) is 3.53. The van der Waals surface area contributed by atoms with Crippen molar-refractivity contribution < 1.29 is 14.3 Å². The van der Waals surface area contributed by atoms with Crippen LogP contribution < -0.4 is 10.6 Å². The van der Waals surface area contributed by atoms with Gasteiger partial charge in [-0.3, -0.25) is 9.59 Å². The fourth-order valence-corrected chi connectivity index (χ4v) is 4.05. The number of nitrogens with one attached hydrogen (secondary N) is 2. The maximum Gasteiger partial charge on any atom is 0.261 e. The zero-order valence-corrected chi connectivity index (χ0v) is 16.6. The fraction of sp³-hybridized carbons (Fsp3) is 0.350. The van der Waals surface area contributed by atoms with Crippen molar-refractivity contribution in [2.75, 3.05) is 13.2 Å². The van der Waals surface area contributed by atoms with Gasteiger partial charge in [-0.25, -0.2) is 4.98 Å². The van der Waals surface area contributed by atoms with Crippen LogP contribution in [0.15, 0.2) is 42.9 Å². The number of fused-ring (bicyclic) bond motifs is 1. The SMILES string of the molecule is CC(C)C(=O)NC1(c2ccc(C(=O)NCc3ccn4ccnc4c3)s2)COC1. The molecule has 0 saturated carbocycles. The lowest BCUT2D eigenvalue weighted by atomic mass is 9.94. The van der Waals surface area contributed by atoms with Gasteiger partial charge in [0.1, 0.15) is 11.2 Å². The molecule has 0 aromatic carbocycles. The van der Waals surface area contributed by atoms with E-state index in [9.17, 15) is 9.59 Å². The first kappa shape index (κ1) is 18.6. The van der Waals surface area contributed by atoms with E-state index in [1.165, 1.54) is 11.3 Å². The van der Waals surface area contributed by atoms with E-state index >= 15 is 0 Å². The van der Waals surface area contributed by atoms with Crippen molar-refractivity contribution in [3.8, 4) is 0 Å². The quantitative estimate of drug-likeness (QED) is 0.667. The Kier molecular flexibility index (Phi) is 4.91. The highest BCUT2D eigenvalue weighted by molar-refractivity contribution is 7.14. The lowest BCUT2D eigenvalue weighted by molar-refractivity contribution is -0.136. The molecule has 0 atom stereocenters. The van der Waals surface area contributed by atoms with Gasteiger partial charge in [0.25, 0.3) is 5.91 Å². The van der Waals surface area contributed by atoms with Crippen LogP contribution in [0.3, 0.4) is 0 Å². The molecule has 1 aliphatic heterocycles. The molecule has 8 heteroatoms. The maximum atomic E-state index is 12.6. The van der Waals surface area contributed by atoms with E-state index in [1.54, 1.807) is 12.3 Å². The fourth-order valence-electron chi connectivity index (χ4n) is 3.01. The standard InChI is InChI=1S/C20H22N4O3S/c1-13(2)18(25)23-20(11-27-12-20)16-4-3-15(28-16)19(26)22-10-14-5-7-24-8-6-21-17(24)9-14/h3-9,13H,10-12H2,1-2H3,(H,22,26)(H,23,25). The second kappa shape index (κ2) is 7.37. The highest BCUT2D eigenvalue weighted by Gasteiger charge is 2.43. The van der Waals surface area contributed by atoms with Gasteiger partial charge in [-0.1, -0.05) is 13.8 Å². The number of hydrogen-bond acceptors (Lipinski definition) is 5. The minimum Gasteiger partial charge on any atom is -0.376 e. The van der Waals surface area contributed by atoms with E-state index in [0.717, 1.165) is 16.1 Å². The van der Waals surface area contributed by atoms with Crippen LogP contribution in [0.5, 0.6) is 0 Å². The van der Waals surface area contributed by atoms with E-state index < -0.39 is 5.54 Å². The largest absolute Gasteiger partial charge is 0.376 e. The van der Waals surface area contributed by atoms with Gasteiger partial charge in [0.2, 0.25) is 5.91 Å². The summed E-state index contributed by atoms with van der Waals surface area (Å²) in [4.78, 5) is 30.5. The summed E-state index contributed by atoms with van der Waals surface area (Å²) in [5, 5.41) is 6.02. The minimum absolute atomic E-state index is 0.0166. The average Bonchev–Trinajstić information content (AvgIpc) is 3.31. The van der Waals surface area contributed by atoms with Gasteiger partial charge in [0, 0.05) is 35.9 Å². The van der Waals surface area contributed by atoms with Crippen molar-refractivity contribution in [2.24, 2.45) is 5.92 Å². The molecule has 0 aliphatic carbocycles. The zero-order valence-electron chi connectivity index (χ0n) is 15.8. The molecule has 4 heterocycles. The summed E-state index contributed by atoms with van der Waals surface area (Å²) >= 11 is 1.39. The van der Waals surface area contributed by atoms with Crippen LogP contribution in [0.1, 0.15) is 34.0 Å². The monoisotopic (exact) mass is 398 g/mol. The minimum atomic E-state index is -0.518. The highest BCUT2D eigenvalue weighted by atomic mass is 32.1. The summed E-state index contributed by atoms with van der Waals surface area (Å²) in [5.74, 6) is -0.255. The molecule has 3 aromatic heterocycles. The normalized spacial score (nSPS) is 15.4. The van der Waals surface area contributed by atoms with Gasteiger partial charge in [0.15, 0.2) is 0 Å². The molecule has 1 saturated heterocycles. The van der Waals surface area contributed by atoms with E-state index in [0.29, 0.717) is 24.6 Å². The molecule has 7 nitrogen and oxygen atoms in total. The lowest BCUT2D eigenvalue weighted by Crippen LogP contribution is -2.59. The molecule has 4 rings (SSSR count). The molecule has 1 aliphatic rings.